The summed E-state index contributed by atoms with van der Waals surface area (Å²) in [5, 5.41) is 9.85. The van der Waals surface area contributed by atoms with Crippen LogP contribution in [0.4, 0.5) is 0 Å². The molecule has 88 valence electrons. The topological polar surface area (TPSA) is 43.8 Å². The molecule has 4 heteroatoms. The van der Waals surface area contributed by atoms with E-state index in [4.69, 9.17) is 0 Å². The summed E-state index contributed by atoms with van der Waals surface area (Å²) in [6.07, 6.45) is 0.905. The van der Waals surface area contributed by atoms with Gasteiger partial charge in [0.15, 0.2) is 0 Å². The van der Waals surface area contributed by atoms with Gasteiger partial charge in [0.25, 0.3) is 0 Å². The van der Waals surface area contributed by atoms with E-state index in [2.05, 4.69) is 0 Å². The van der Waals surface area contributed by atoms with Crippen molar-refractivity contribution in [3.05, 3.63) is 0 Å². The van der Waals surface area contributed by atoms with Crippen LogP contribution in [0.1, 0.15) is 20.3 Å². The second-order valence-electron chi connectivity index (χ2n) is 5.22. The highest BCUT2D eigenvalue weighted by atomic mass is 16.3. The Hall–Kier alpha value is -0.610. The summed E-state index contributed by atoms with van der Waals surface area (Å²) < 4.78 is 0. The van der Waals surface area contributed by atoms with Crippen molar-refractivity contribution in [3.63, 3.8) is 0 Å². The first-order valence-electron chi connectivity index (χ1n) is 5.45. The number of aliphatic hydroxyl groups is 1. The summed E-state index contributed by atoms with van der Waals surface area (Å²) in [6.45, 7) is 5.56. The zero-order valence-electron chi connectivity index (χ0n) is 10.2. The van der Waals surface area contributed by atoms with Gasteiger partial charge in [0.1, 0.15) is 0 Å². The molecule has 1 saturated heterocycles. The molecule has 0 aromatic rings. The third-order valence-corrected chi connectivity index (χ3v) is 2.99. The van der Waals surface area contributed by atoms with Gasteiger partial charge in [-0.05, 0) is 34.4 Å². The molecular formula is C11H22N2O2. The lowest BCUT2D eigenvalue weighted by Crippen LogP contribution is -2.39. The van der Waals surface area contributed by atoms with Gasteiger partial charge < -0.3 is 14.9 Å². The minimum atomic E-state index is -0.673. The van der Waals surface area contributed by atoms with Crippen LogP contribution < -0.4 is 0 Å². The molecule has 0 spiro atoms. The Morgan fingerprint density at radius 1 is 1.53 bits per heavy atom. The monoisotopic (exact) mass is 214 g/mol. The SMILES string of the molecule is CN(C)CC(=O)N1CCC(C(C)(C)O)C1. The average Bonchev–Trinajstić information content (AvgIpc) is 2.48. The summed E-state index contributed by atoms with van der Waals surface area (Å²) in [7, 11) is 3.78. The first kappa shape index (κ1) is 12.5. The number of likely N-dealkylation sites (tertiary alicyclic amines) is 1. The van der Waals surface area contributed by atoms with Crippen LogP contribution in [0, 0.1) is 5.92 Å². The average molecular weight is 214 g/mol. The Kier molecular flexibility index (Phi) is 3.73. The minimum absolute atomic E-state index is 0.159. The Labute approximate surface area is 91.9 Å². The third kappa shape index (κ3) is 3.47. The van der Waals surface area contributed by atoms with E-state index in [1.54, 1.807) is 0 Å². The maximum atomic E-state index is 11.7. The molecule has 0 saturated carbocycles. The number of rotatable bonds is 3. The summed E-state index contributed by atoms with van der Waals surface area (Å²) >= 11 is 0. The molecule has 1 fully saturated rings. The number of amides is 1. The van der Waals surface area contributed by atoms with Crippen molar-refractivity contribution in [2.75, 3.05) is 33.7 Å². The Bertz CT molecular complexity index is 233. The van der Waals surface area contributed by atoms with Gasteiger partial charge in [-0.15, -0.1) is 0 Å². The van der Waals surface area contributed by atoms with Gasteiger partial charge in [-0.2, -0.15) is 0 Å². The van der Waals surface area contributed by atoms with Gasteiger partial charge in [-0.25, -0.2) is 0 Å². The number of carbonyl (C=O) groups excluding carboxylic acids is 1. The summed E-state index contributed by atoms with van der Waals surface area (Å²) in [5.41, 5.74) is -0.673. The zero-order chi connectivity index (χ0) is 11.6. The van der Waals surface area contributed by atoms with E-state index < -0.39 is 5.60 Å². The van der Waals surface area contributed by atoms with Crippen LogP contribution in [-0.4, -0.2) is 60.1 Å². The molecule has 1 aliphatic heterocycles. The van der Waals surface area contributed by atoms with Crippen molar-refractivity contribution in [2.24, 2.45) is 5.92 Å². The predicted octanol–water partition coefficient (Wildman–Crippen LogP) is 0.167. The van der Waals surface area contributed by atoms with E-state index in [1.807, 2.05) is 37.7 Å². The first-order chi connectivity index (χ1) is 6.80. The molecule has 1 heterocycles. The van der Waals surface area contributed by atoms with E-state index in [0.717, 1.165) is 13.0 Å². The molecule has 4 nitrogen and oxygen atoms in total. The molecule has 0 aromatic heterocycles. The molecule has 1 N–H and O–H groups in total. The van der Waals surface area contributed by atoms with E-state index in [-0.39, 0.29) is 11.8 Å². The number of nitrogens with zero attached hydrogens (tertiary/aromatic N) is 2. The predicted molar refractivity (Wildman–Crippen MR) is 59.5 cm³/mol. The maximum absolute atomic E-state index is 11.7. The lowest BCUT2D eigenvalue weighted by Gasteiger charge is -2.26. The van der Waals surface area contributed by atoms with Gasteiger partial charge >= 0.3 is 0 Å². The summed E-state index contributed by atoms with van der Waals surface area (Å²) in [5.74, 6) is 0.371. The van der Waals surface area contributed by atoms with E-state index >= 15 is 0 Å². The van der Waals surface area contributed by atoms with Gasteiger partial charge in [0.2, 0.25) is 5.91 Å². The van der Waals surface area contributed by atoms with Crippen LogP contribution >= 0.6 is 0 Å². The largest absolute Gasteiger partial charge is 0.390 e. The fraction of sp³-hybridized carbons (Fsp3) is 0.909. The number of hydrogen-bond donors (Lipinski definition) is 1. The van der Waals surface area contributed by atoms with Crippen LogP contribution in [-0.2, 0) is 4.79 Å². The van der Waals surface area contributed by atoms with E-state index in [0.29, 0.717) is 13.1 Å². The molecule has 1 atom stereocenters. The minimum Gasteiger partial charge on any atom is -0.390 e. The second kappa shape index (κ2) is 4.49. The van der Waals surface area contributed by atoms with Crippen molar-refractivity contribution in [2.45, 2.75) is 25.9 Å². The van der Waals surface area contributed by atoms with Crippen LogP contribution in [0.25, 0.3) is 0 Å². The van der Waals surface area contributed by atoms with Crippen molar-refractivity contribution in [1.29, 1.82) is 0 Å². The highest BCUT2D eigenvalue weighted by Crippen LogP contribution is 2.26. The highest BCUT2D eigenvalue weighted by Gasteiger charge is 2.35. The second-order valence-corrected chi connectivity index (χ2v) is 5.22. The van der Waals surface area contributed by atoms with Crippen LogP contribution in [0.15, 0.2) is 0 Å². The van der Waals surface area contributed by atoms with Gasteiger partial charge in [-0.3, -0.25) is 4.79 Å². The maximum Gasteiger partial charge on any atom is 0.236 e. The fourth-order valence-electron chi connectivity index (χ4n) is 1.93. The molecule has 1 rings (SSSR count). The van der Waals surface area contributed by atoms with Gasteiger partial charge in [0.05, 0.1) is 12.1 Å². The van der Waals surface area contributed by atoms with Crippen molar-refractivity contribution in [3.8, 4) is 0 Å². The first-order valence-corrected chi connectivity index (χ1v) is 5.45. The third-order valence-electron chi connectivity index (χ3n) is 2.99. The Morgan fingerprint density at radius 3 is 2.53 bits per heavy atom. The van der Waals surface area contributed by atoms with Crippen molar-refractivity contribution in [1.82, 2.24) is 9.80 Å². The van der Waals surface area contributed by atoms with Gasteiger partial charge in [-0.1, -0.05) is 0 Å². The van der Waals surface area contributed by atoms with Gasteiger partial charge in [0, 0.05) is 19.0 Å². The quantitative estimate of drug-likeness (QED) is 0.728. The molecule has 0 bridgehead atoms. The van der Waals surface area contributed by atoms with Crippen molar-refractivity contribution < 1.29 is 9.90 Å². The van der Waals surface area contributed by atoms with E-state index in [9.17, 15) is 9.90 Å². The standard InChI is InChI=1S/C11H22N2O2/c1-11(2,15)9-5-6-13(7-9)10(14)8-12(3)4/h9,15H,5-8H2,1-4H3. The summed E-state index contributed by atoms with van der Waals surface area (Å²) in [4.78, 5) is 15.5. The molecule has 0 radical (unpaired) electrons. The Balaban J connectivity index is 2.46. The number of hydrogen-bond acceptors (Lipinski definition) is 3. The summed E-state index contributed by atoms with van der Waals surface area (Å²) in [6, 6.07) is 0. The lowest BCUT2D eigenvalue weighted by atomic mass is 9.90. The van der Waals surface area contributed by atoms with Crippen molar-refractivity contribution >= 4 is 5.91 Å². The molecule has 15 heavy (non-hydrogen) atoms. The number of likely N-dealkylation sites (N-methyl/N-ethyl adjacent to an activating group) is 1. The van der Waals surface area contributed by atoms with Crippen LogP contribution in [0.3, 0.4) is 0 Å². The van der Waals surface area contributed by atoms with Crippen LogP contribution in [0.5, 0.6) is 0 Å². The van der Waals surface area contributed by atoms with E-state index in [1.165, 1.54) is 0 Å². The lowest BCUT2D eigenvalue weighted by molar-refractivity contribution is -0.131. The molecular weight excluding hydrogens is 192 g/mol. The van der Waals surface area contributed by atoms with Crippen LogP contribution in [0.2, 0.25) is 0 Å². The highest BCUT2D eigenvalue weighted by molar-refractivity contribution is 5.78. The molecule has 1 aliphatic rings. The zero-order valence-corrected chi connectivity index (χ0v) is 10.2. The molecule has 1 amide bonds. The smallest absolute Gasteiger partial charge is 0.236 e. The number of carbonyl (C=O) groups is 1. The fourth-order valence-corrected chi connectivity index (χ4v) is 1.93. The normalized spacial score (nSPS) is 22.5. The molecule has 0 aromatic carbocycles. The molecule has 0 aliphatic carbocycles. The molecule has 1 unspecified atom stereocenters. The Morgan fingerprint density at radius 2 is 2.13 bits per heavy atom.